The second-order valence-corrected chi connectivity index (χ2v) is 6.59. The third-order valence-corrected chi connectivity index (χ3v) is 4.29. The molecule has 2 rings (SSSR count). The van der Waals surface area contributed by atoms with E-state index in [-0.39, 0.29) is 0 Å². The van der Waals surface area contributed by atoms with Crippen molar-refractivity contribution in [2.24, 2.45) is 5.41 Å². The van der Waals surface area contributed by atoms with Crippen molar-refractivity contribution in [3.8, 4) is 0 Å². The van der Waals surface area contributed by atoms with Crippen LogP contribution in [0.3, 0.4) is 0 Å². The molecule has 4 heteroatoms. The molecule has 0 radical (unpaired) electrons. The highest BCUT2D eigenvalue weighted by atomic mass is 79.9. The van der Waals surface area contributed by atoms with Gasteiger partial charge in [-0.05, 0) is 34.2 Å². The molecule has 3 nitrogen and oxygen atoms in total. The summed E-state index contributed by atoms with van der Waals surface area (Å²) in [6.45, 7) is 6.78. The quantitative estimate of drug-likeness (QED) is 0.851. The zero-order valence-electron chi connectivity index (χ0n) is 11.5. The normalized spacial score (nSPS) is 22.8. The van der Waals surface area contributed by atoms with Crippen LogP contribution in [0.1, 0.15) is 52.3 Å². The maximum Gasteiger partial charge on any atom is 0.131 e. The van der Waals surface area contributed by atoms with Gasteiger partial charge in [0.1, 0.15) is 16.2 Å². The zero-order valence-corrected chi connectivity index (χ0v) is 13.0. The van der Waals surface area contributed by atoms with Gasteiger partial charge >= 0.3 is 0 Å². The molecule has 0 saturated heterocycles. The van der Waals surface area contributed by atoms with Crippen LogP contribution in [0, 0.1) is 5.41 Å². The maximum absolute atomic E-state index is 4.56. The topological polar surface area (TPSA) is 37.8 Å². The number of nitrogens with one attached hydrogen (secondary N) is 1. The predicted octanol–water partition coefficient (Wildman–Crippen LogP) is 4.18. The summed E-state index contributed by atoms with van der Waals surface area (Å²) in [4.78, 5) is 8.91. The SMILES string of the molecule is CCc1nc(Br)cc(NC2CCCCC2(C)C)n1. The van der Waals surface area contributed by atoms with E-state index in [1.165, 1.54) is 25.7 Å². The Hall–Kier alpha value is -0.640. The Morgan fingerprint density at radius 1 is 1.39 bits per heavy atom. The zero-order chi connectivity index (χ0) is 13.2. The van der Waals surface area contributed by atoms with Crippen LogP contribution in [0.4, 0.5) is 5.82 Å². The van der Waals surface area contributed by atoms with Gasteiger partial charge in [0.15, 0.2) is 0 Å². The molecule has 1 fully saturated rings. The lowest BCUT2D eigenvalue weighted by Crippen LogP contribution is -2.39. The summed E-state index contributed by atoms with van der Waals surface area (Å²) < 4.78 is 0.866. The van der Waals surface area contributed by atoms with Crippen molar-refractivity contribution in [2.45, 2.75) is 58.9 Å². The van der Waals surface area contributed by atoms with Gasteiger partial charge in [-0.2, -0.15) is 0 Å². The first-order valence-electron chi connectivity index (χ1n) is 6.81. The molecule has 0 spiro atoms. The van der Waals surface area contributed by atoms with Crippen LogP contribution in [0.15, 0.2) is 10.7 Å². The number of hydrogen-bond acceptors (Lipinski definition) is 3. The van der Waals surface area contributed by atoms with Crippen molar-refractivity contribution < 1.29 is 0 Å². The number of anilines is 1. The molecule has 1 saturated carbocycles. The van der Waals surface area contributed by atoms with Crippen molar-refractivity contribution in [1.82, 2.24) is 9.97 Å². The number of halogens is 1. The first-order chi connectivity index (χ1) is 8.51. The fraction of sp³-hybridized carbons (Fsp3) is 0.714. The van der Waals surface area contributed by atoms with Gasteiger partial charge in [0.25, 0.3) is 0 Å². The third-order valence-electron chi connectivity index (χ3n) is 3.89. The Morgan fingerprint density at radius 2 is 2.17 bits per heavy atom. The molecule has 1 N–H and O–H groups in total. The summed E-state index contributed by atoms with van der Waals surface area (Å²) >= 11 is 3.46. The molecule has 1 aliphatic rings. The molecule has 1 unspecified atom stereocenters. The number of aryl methyl sites for hydroxylation is 1. The van der Waals surface area contributed by atoms with Gasteiger partial charge in [0.2, 0.25) is 0 Å². The fourth-order valence-electron chi connectivity index (χ4n) is 2.64. The smallest absolute Gasteiger partial charge is 0.131 e. The van der Waals surface area contributed by atoms with E-state index in [0.717, 1.165) is 22.7 Å². The van der Waals surface area contributed by atoms with Crippen molar-refractivity contribution in [2.75, 3.05) is 5.32 Å². The van der Waals surface area contributed by atoms with E-state index in [9.17, 15) is 0 Å². The summed E-state index contributed by atoms with van der Waals surface area (Å²) in [5.41, 5.74) is 0.349. The van der Waals surface area contributed by atoms with Gasteiger partial charge in [0.05, 0.1) is 0 Å². The van der Waals surface area contributed by atoms with Gasteiger partial charge in [-0.15, -0.1) is 0 Å². The van der Waals surface area contributed by atoms with Crippen LogP contribution in [0.2, 0.25) is 0 Å². The number of rotatable bonds is 3. The Kier molecular flexibility index (Phi) is 4.25. The summed E-state index contributed by atoms with van der Waals surface area (Å²) in [6, 6.07) is 2.49. The van der Waals surface area contributed by atoms with Crippen LogP contribution in [-0.2, 0) is 6.42 Å². The molecule has 1 atom stereocenters. The average Bonchev–Trinajstić information content (AvgIpc) is 2.31. The maximum atomic E-state index is 4.56. The van der Waals surface area contributed by atoms with E-state index in [1.54, 1.807) is 0 Å². The largest absolute Gasteiger partial charge is 0.367 e. The highest BCUT2D eigenvalue weighted by Gasteiger charge is 2.32. The first kappa shape index (κ1) is 13.8. The van der Waals surface area contributed by atoms with Crippen LogP contribution in [0.25, 0.3) is 0 Å². The molecule has 0 bridgehead atoms. The van der Waals surface area contributed by atoms with Crippen LogP contribution in [0.5, 0.6) is 0 Å². The number of aromatic nitrogens is 2. The minimum absolute atomic E-state index is 0.349. The summed E-state index contributed by atoms with van der Waals surface area (Å²) in [5, 5.41) is 3.61. The molecular formula is C14H22BrN3. The number of hydrogen-bond donors (Lipinski definition) is 1. The number of nitrogens with zero attached hydrogens (tertiary/aromatic N) is 2. The lowest BCUT2D eigenvalue weighted by Gasteiger charge is -2.39. The van der Waals surface area contributed by atoms with E-state index in [4.69, 9.17) is 0 Å². The Labute approximate surface area is 118 Å². The highest BCUT2D eigenvalue weighted by molar-refractivity contribution is 9.10. The highest BCUT2D eigenvalue weighted by Crippen LogP contribution is 2.37. The summed E-state index contributed by atoms with van der Waals surface area (Å²) in [7, 11) is 0. The van der Waals surface area contributed by atoms with Crippen molar-refractivity contribution >= 4 is 21.7 Å². The Balaban J connectivity index is 2.15. The van der Waals surface area contributed by atoms with E-state index in [2.05, 4.69) is 52.0 Å². The molecular weight excluding hydrogens is 290 g/mol. The van der Waals surface area contributed by atoms with Crippen molar-refractivity contribution in [1.29, 1.82) is 0 Å². The third kappa shape index (κ3) is 3.22. The lowest BCUT2D eigenvalue weighted by atomic mass is 9.73. The van der Waals surface area contributed by atoms with Crippen LogP contribution < -0.4 is 5.32 Å². The Morgan fingerprint density at radius 3 is 2.83 bits per heavy atom. The summed E-state index contributed by atoms with van der Waals surface area (Å²) in [5.74, 6) is 1.84. The standard InChI is InChI=1S/C14H22BrN3/c1-4-12-17-11(15)9-13(18-12)16-10-7-5-6-8-14(10,2)3/h9-10H,4-8H2,1-3H3,(H,16,17,18). The minimum Gasteiger partial charge on any atom is -0.367 e. The van der Waals surface area contributed by atoms with Gasteiger partial charge in [-0.3, -0.25) is 0 Å². The average molecular weight is 312 g/mol. The second-order valence-electron chi connectivity index (χ2n) is 5.78. The van der Waals surface area contributed by atoms with Crippen molar-refractivity contribution in [3.63, 3.8) is 0 Å². The molecule has 1 aliphatic carbocycles. The van der Waals surface area contributed by atoms with Gasteiger partial charge < -0.3 is 5.32 Å². The van der Waals surface area contributed by atoms with E-state index >= 15 is 0 Å². The van der Waals surface area contributed by atoms with Crippen LogP contribution in [-0.4, -0.2) is 16.0 Å². The minimum atomic E-state index is 0.349. The molecule has 1 aromatic heterocycles. The van der Waals surface area contributed by atoms with Gasteiger partial charge in [-0.1, -0.05) is 33.6 Å². The van der Waals surface area contributed by atoms with Gasteiger partial charge in [0, 0.05) is 18.5 Å². The molecule has 0 aliphatic heterocycles. The monoisotopic (exact) mass is 311 g/mol. The second kappa shape index (κ2) is 5.55. The molecule has 1 heterocycles. The van der Waals surface area contributed by atoms with E-state index in [0.29, 0.717) is 11.5 Å². The van der Waals surface area contributed by atoms with Gasteiger partial charge in [-0.25, -0.2) is 9.97 Å². The van der Waals surface area contributed by atoms with E-state index in [1.807, 2.05) is 6.07 Å². The predicted molar refractivity (Wildman–Crippen MR) is 78.8 cm³/mol. The molecule has 100 valence electrons. The lowest BCUT2D eigenvalue weighted by molar-refractivity contribution is 0.216. The fourth-order valence-corrected chi connectivity index (χ4v) is 3.06. The van der Waals surface area contributed by atoms with Crippen molar-refractivity contribution in [3.05, 3.63) is 16.5 Å². The molecule has 0 amide bonds. The first-order valence-corrected chi connectivity index (χ1v) is 7.60. The molecule has 1 aromatic rings. The van der Waals surface area contributed by atoms with E-state index < -0.39 is 0 Å². The molecule has 0 aromatic carbocycles. The van der Waals surface area contributed by atoms with Crippen LogP contribution >= 0.6 is 15.9 Å². The Bertz CT molecular complexity index is 418. The summed E-state index contributed by atoms with van der Waals surface area (Å²) in [6.07, 6.45) is 6.04. The molecule has 18 heavy (non-hydrogen) atoms.